The number of nitrogens with zero attached hydrogens (tertiary/aromatic N) is 3. The van der Waals surface area contributed by atoms with Gasteiger partial charge in [0.05, 0.1) is 11.8 Å². The first-order chi connectivity index (χ1) is 8.88. The second-order valence-corrected chi connectivity index (χ2v) is 4.28. The summed E-state index contributed by atoms with van der Waals surface area (Å²) >= 11 is 0. The largest absolute Gasteiger partial charge is 0.256 e. The first kappa shape index (κ1) is 11.0. The zero-order valence-corrected chi connectivity index (χ0v) is 9.74. The maximum Gasteiger partial charge on any atom is 0.116 e. The van der Waals surface area contributed by atoms with E-state index < -0.39 is 0 Å². The van der Waals surface area contributed by atoms with Crippen molar-refractivity contribution in [2.24, 2.45) is 0 Å². The van der Waals surface area contributed by atoms with E-state index in [1.54, 1.807) is 6.20 Å². The van der Waals surface area contributed by atoms with E-state index in [2.05, 4.69) is 34.2 Å². The van der Waals surface area contributed by atoms with Gasteiger partial charge < -0.3 is 0 Å². The van der Waals surface area contributed by atoms with Crippen LogP contribution in [0.4, 0.5) is 0 Å². The Morgan fingerprint density at radius 2 is 2.17 bits per heavy atom. The highest BCUT2D eigenvalue weighted by Crippen LogP contribution is 2.22. The van der Waals surface area contributed by atoms with Gasteiger partial charge in [0.1, 0.15) is 6.04 Å². The Morgan fingerprint density at radius 1 is 1.33 bits per heavy atom. The fourth-order valence-electron chi connectivity index (χ4n) is 2.23. The number of hydrogen-bond donors (Lipinski definition) is 2. The molecule has 0 bridgehead atoms. The van der Waals surface area contributed by atoms with Crippen molar-refractivity contribution >= 4 is 0 Å². The summed E-state index contributed by atoms with van der Waals surface area (Å²) in [6.45, 7) is 0.777. The molecule has 2 heterocycles. The van der Waals surface area contributed by atoms with Gasteiger partial charge in [-0.25, -0.2) is 10.1 Å². The number of hydrazine groups is 1. The molecule has 1 aromatic carbocycles. The fraction of sp³-hybridized carbons (Fsp3) is 0.231. The lowest BCUT2D eigenvalue weighted by Crippen LogP contribution is -2.29. The van der Waals surface area contributed by atoms with Crippen molar-refractivity contribution in [3.63, 3.8) is 0 Å². The van der Waals surface area contributed by atoms with Gasteiger partial charge in [0, 0.05) is 24.9 Å². The van der Waals surface area contributed by atoms with Crippen molar-refractivity contribution < 1.29 is 0 Å². The molecule has 1 aliphatic rings. The Labute approximate surface area is 105 Å². The van der Waals surface area contributed by atoms with Gasteiger partial charge in [-0.2, -0.15) is 10.4 Å². The predicted molar refractivity (Wildman–Crippen MR) is 66.8 cm³/mol. The highest BCUT2D eigenvalue weighted by atomic mass is 15.4. The van der Waals surface area contributed by atoms with Gasteiger partial charge in [-0.15, -0.1) is 0 Å². The van der Waals surface area contributed by atoms with Gasteiger partial charge in [0.2, 0.25) is 0 Å². The van der Waals surface area contributed by atoms with Crippen LogP contribution in [0.3, 0.4) is 0 Å². The normalized spacial score (nSPS) is 22.8. The van der Waals surface area contributed by atoms with Gasteiger partial charge in [-0.1, -0.05) is 12.1 Å². The van der Waals surface area contributed by atoms with E-state index in [-0.39, 0.29) is 12.0 Å². The van der Waals surface area contributed by atoms with Crippen LogP contribution >= 0.6 is 0 Å². The van der Waals surface area contributed by atoms with Gasteiger partial charge in [-0.05, 0) is 23.8 Å². The summed E-state index contributed by atoms with van der Waals surface area (Å²) in [5, 5.41) is 13.2. The Hall–Kier alpha value is -2.16. The van der Waals surface area contributed by atoms with Crippen molar-refractivity contribution in [1.29, 1.82) is 5.26 Å². The molecule has 0 spiro atoms. The minimum Gasteiger partial charge on any atom is -0.256 e. The van der Waals surface area contributed by atoms with Crippen molar-refractivity contribution in [2.45, 2.75) is 12.0 Å². The predicted octanol–water partition coefficient (Wildman–Crippen LogP) is 0.956. The summed E-state index contributed by atoms with van der Waals surface area (Å²) < 4.78 is 1.82. The molecular formula is C13H13N5. The molecular weight excluding hydrogens is 226 g/mol. The first-order valence-electron chi connectivity index (χ1n) is 5.86. The summed E-state index contributed by atoms with van der Waals surface area (Å²) in [7, 11) is 0. The van der Waals surface area contributed by atoms with Crippen LogP contribution in [0.15, 0.2) is 42.7 Å². The molecule has 1 saturated heterocycles. The fourth-order valence-corrected chi connectivity index (χ4v) is 2.23. The molecule has 2 N–H and O–H groups in total. The van der Waals surface area contributed by atoms with Crippen LogP contribution in [0.2, 0.25) is 0 Å². The van der Waals surface area contributed by atoms with Gasteiger partial charge >= 0.3 is 0 Å². The molecule has 5 nitrogen and oxygen atoms in total. The number of nitrogens with one attached hydrogen (secondary N) is 2. The Kier molecular flexibility index (Phi) is 2.81. The third-order valence-electron chi connectivity index (χ3n) is 3.21. The molecule has 5 heteroatoms. The molecule has 1 fully saturated rings. The molecule has 0 amide bonds. The van der Waals surface area contributed by atoms with Crippen LogP contribution in [-0.2, 0) is 0 Å². The molecule has 0 radical (unpaired) electrons. The molecule has 0 aliphatic carbocycles. The highest BCUT2D eigenvalue weighted by molar-refractivity contribution is 5.36. The van der Waals surface area contributed by atoms with Gasteiger partial charge in [-0.3, -0.25) is 5.43 Å². The zero-order chi connectivity index (χ0) is 12.4. The third-order valence-corrected chi connectivity index (χ3v) is 3.21. The molecule has 1 aromatic heterocycles. The number of nitriles is 1. The standard InChI is InChI=1S/C13H13N5/c14-8-13-12(9-15-17-13)10-2-4-11(5-3-10)18-7-1-6-16-18/h1-7,12-13,15,17H,9H2. The van der Waals surface area contributed by atoms with Crippen molar-refractivity contribution in [3.05, 3.63) is 48.3 Å². The van der Waals surface area contributed by atoms with Crippen LogP contribution in [0.5, 0.6) is 0 Å². The average molecular weight is 239 g/mol. The quantitative estimate of drug-likeness (QED) is 0.819. The first-order valence-corrected chi connectivity index (χ1v) is 5.86. The monoisotopic (exact) mass is 239 g/mol. The van der Waals surface area contributed by atoms with E-state index in [0.717, 1.165) is 17.8 Å². The van der Waals surface area contributed by atoms with Crippen molar-refractivity contribution in [3.8, 4) is 11.8 Å². The van der Waals surface area contributed by atoms with E-state index in [0.29, 0.717) is 0 Å². The van der Waals surface area contributed by atoms with Crippen LogP contribution < -0.4 is 10.9 Å². The average Bonchev–Trinajstić information content (AvgIpc) is 3.10. The minimum absolute atomic E-state index is 0.166. The number of aromatic nitrogens is 2. The van der Waals surface area contributed by atoms with E-state index in [1.165, 1.54) is 0 Å². The lowest BCUT2D eigenvalue weighted by atomic mass is 9.94. The molecule has 0 saturated carbocycles. The van der Waals surface area contributed by atoms with Crippen LogP contribution in [0, 0.1) is 11.3 Å². The summed E-state index contributed by atoms with van der Waals surface area (Å²) in [5.41, 5.74) is 8.18. The van der Waals surface area contributed by atoms with E-state index in [4.69, 9.17) is 5.26 Å². The SMILES string of the molecule is N#CC1NNCC1c1ccc(-n2cccn2)cc1. The maximum atomic E-state index is 9.04. The summed E-state index contributed by atoms with van der Waals surface area (Å²) in [4.78, 5) is 0. The molecule has 2 aromatic rings. The van der Waals surface area contributed by atoms with Crippen molar-refractivity contribution in [1.82, 2.24) is 20.6 Å². The van der Waals surface area contributed by atoms with Gasteiger partial charge in [0.25, 0.3) is 0 Å². The number of hydrogen-bond acceptors (Lipinski definition) is 4. The summed E-state index contributed by atoms with van der Waals surface area (Å²) in [6, 6.07) is 12.1. The van der Waals surface area contributed by atoms with Crippen LogP contribution in [0.1, 0.15) is 11.5 Å². The van der Waals surface area contributed by atoms with Crippen molar-refractivity contribution in [2.75, 3.05) is 6.54 Å². The number of benzene rings is 1. The van der Waals surface area contributed by atoms with E-state index in [9.17, 15) is 0 Å². The summed E-state index contributed by atoms with van der Waals surface area (Å²) in [6.07, 6.45) is 3.66. The maximum absolute atomic E-state index is 9.04. The van der Waals surface area contributed by atoms with E-state index in [1.807, 2.05) is 29.1 Å². The smallest absolute Gasteiger partial charge is 0.116 e. The second-order valence-electron chi connectivity index (χ2n) is 4.28. The Bertz CT molecular complexity index is 552. The lowest BCUT2D eigenvalue weighted by molar-refractivity contribution is 0.624. The molecule has 2 unspecified atom stereocenters. The third kappa shape index (κ3) is 1.88. The zero-order valence-electron chi connectivity index (χ0n) is 9.74. The van der Waals surface area contributed by atoms with Crippen LogP contribution in [0.25, 0.3) is 5.69 Å². The Morgan fingerprint density at radius 3 is 2.83 bits per heavy atom. The van der Waals surface area contributed by atoms with E-state index >= 15 is 0 Å². The molecule has 2 atom stereocenters. The summed E-state index contributed by atoms with van der Waals surface area (Å²) in [5.74, 6) is 0.196. The minimum atomic E-state index is -0.166. The second kappa shape index (κ2) is 4.61. The van der Waals surface area contributed by atoms with Gasteiger partial charge in [0.15, 0.2) is 0 Å². The lowest BCUT2D eigenvalue weighted by Gasteiger charge is -2.12. The highest BCUT2D eigenvalue weighted by Gasteiger charge is 2.27. The topological polar surface area (TPSA) is 65.7 Å². The molecule has 3 rings (SSSR count). The number of rotatable bonds is 2. The van der Waals surface area contributed by atoms with Crippen LogP contribution in [-0.4, -0.2) is 22.4 Å². The Balaban J connectivity index is 1.85. The molecule has 90 valence electrons. The molecule has 1 aliphatic heterocycles. The molecule has 18 heavy (non-hydrogen) atoms.